The Labute approximate surface area is 248 Å². The van der Waals surface area contributed by atoms with E-state index in [9.17, 15) is 30.8 Å². The van der Waals surface area contributed by atoms with Crippen molar-refractivity contribution in [2.24, 2.45) is 12.5 Å². The molecule has 0 radical (unpaired) electrons. The predicted octanol–water partition coefficient (Wildman–Crippen LogP) is 5.29. The van der Waals surface area contributed by atoms with Crippen LogP contribution in [-0.4, -0.2) is 55.6 Å². The number of aromatic nitrogens is 5. The van der Waals surface area contributed by atoms with Crippen LogP contribution in [0.4, 0.5) is 17.6 Å². The molecule has 15 heteroatoms. The summed E-state index contributed by atoms with van der Waals surface area (Å²) in [7, 11) is -2.38. The zero-order valence-corrected chi connectivity index (χ0v) is 24.7. The lowest BCUT2D eigenvalue weighted by Crippen LogP contribution is -2.50. The second-order valence-corrected chi connectivity index (χ2v) is 13.4. The number of carbonyl (C=O) groups is 1. The molecule has 226 valence electrons. The molecule has 3 heterocycles. The lowest BCUT2D eigenvalue weighted by atomic mass is 9.61. The van der Waals surface area contributed by atoms with E-state index in [2.05, 4.69) is 15.2 Å². The maximum absolute atomic E-state index is 14.3. The Hall–Kier alpha value is -3.69. The minimum absolute atomic E-state index is 0.0137. The molecule has 9 nitrogen and oxygen atoms in total. The molecule has 1 aromatic carbocycles. The number of nitrogens with zero attached hydrogens (tertiary/aromatic N) is 6. The maximum Gasteiger partial charge on any atom is 0.434 e. The SMILES string of the molecule is CCN([C@H]1CCC2=Cc3c(cnn3-c3ccc(F)cc3)C[C@]2(C(=O)c2nc(C(F)(F)F)cs2)C1)S(=O)(=O)c1cnn(C)c1. The highest BCUT2D eigenvalue weighted by Gasteiger charge is 2.52. The van der Waals surface area contributed by atoms with Gasteiger partial charge in [-0.25, -0.2) is 22.5 Å². The molecule has 0 unspecified atom stereocenters. The van der Waals surface area contributed by atoms with Gasteiger partial charge in [-0.1, -0.05) is 12.5 Å². The van der Waals surface area contributed by atoms with Gasteiger partial charge in [0.05, 0.1) is 29.2 Å². The van der Waals surface area contributed by atoms with Crippen LogP contribution in [0.2, 0.25) is 0 Å². The Kier molecular flexibility index (Phi) is 7.17. The van der Waals surface area contributed by atoms with E-state index in [0.717, 1.165) is 5.38 Å². The molecule has 1 fully saturated rings. The van der Waals surface area contributed by atoms with E-state index in [1.165, 1.54) is 33.5 Å². The van der Waals surface area contributed by atoms with Crippen LogP contribution in [0, 0.1) is 11.2 Å². The molecule has 2 atom stereocenters. The zero-order chi connectivity index (χ0) is 30.7. The van der Waals surface area contributed by atoms with Crippen molar-refractivity contribution in [1.29, 1.82) is 0 Å². The summed E-state index contributed by atoms with van der Waals surface area (Å²) in [6.45, 7) is 1.82. The van der Waals surface area contributed by atoms with Crippen molar-refractivity contribution in [2.75, 3.05) is 6.54 Å². The van der Waals surface area contributed by atoms with Crippen LogP contribution in [0.25, 0.3) is 11.8 Å². The van der Waals surface area contributed by atoms with E-state index >= 15 is 0 Å². The van der Waals surface area contributed by atoms with E-state index in [-0.39, 0.29) is 29.3 Å². The molecular weight excluding hydrogens is 608 g/mol. The minimum Gasteiger partial charge on any atom is -0.290 e. The van der Waals surface area contributed by atoms with Crippen molar-refractivity contribution in [2.45, 2.75) is 49.7 Å². The highest BCUT2D eigenvalue weighted by atomic mass is 32.2. The molecule has 3 aromatic heterocycles. The molecule has 0 amide bonds. The molecule has 43 heavy (non-hydrogen) atoms. The topological polar surface area (TPSA) is 103 Å². The van der Waals surface area contributed by atoms with E-state index in [4.69, 9.17) is 0 Å². The minimum atomic E-state index is -4.71. The van der Waals surface area contributed by atoms with Crippen molar-refractivity contribution in [3.8, 4) is 5.69 Å². The fourth-order valence-electron chi connectivity index (χ4n) is 6.12. The highest BCUT2D eigenvalue weighted by molar-refractivity contribution is 7.89. The van der Waals surface area contributed by atoms with Crippen LogP contribution in [0.3, 0.4) is 0 Å². The van der Waals surface area contributed by atoms with Gasteiger partial charge in [0.15, 0.2) is 10.7 Å². The lowest BCUT2D eigenvalue weighted by Gasteiger charge is -2.46. The summed E-state index contributed by atoms with van der Waals surface area (Å²) in [4.78, 5) is 18.0. The molecule has 1 saturated carbocycles. The third-order valence-corrected chi connectivity index (χ3v) is 11.0. The first-order valence-electron chi connectivity index (χ1n) is 13.5. The van der Waals surface area contributed by atoms with Gasteiger partial charge in [0, 0.05) is 31.2 Å². The molecule has 0 aliphatic heterocycles. The normalized spacial score (nSPS) is 20.5. The first-order chi connectivity index (χ1) is 20.3. The number of fused-ring (bicyclic) bond motifs is 2. The third kappa shape index (κ3) is 5.02. The van der Waals surface area contributed by atoms with Gasteiger partial charge in [-0.05, 0) is 61.6 Å². The zero-order valence-electron chi connectivity index (χ0n) is 23.0. The lowest BCUT2D eigenvalue weighted by molar-refractivity contribution is -0.140. The van der Waals surface area contributed by atoms with Crippen molar-refractivity contribution in [3.63, 3.8) is 0 Å². The monoisotopic (exact) mass is 634 g/mol. The molecular formula is C28H26F4N6O3S2. The second kappa shape index (κ2) is 10.5. The Morgan fingerprint density at radius 1 is 1.19 bits per heavy atom. The maximum atomic E-state index is 14.3. The van der Waals surface area contributed by atoms with Gasteiger partial charge in [0.1, 0.15) is 10.7 Å². The fraction of sp³-hybridized carbons (Fsp3) is 0.357. The molecule has 2 aliphatic carbocycles. The summed E-state index contributed by atoms with van der Waals surface area (Å²) in [6.07, 6.45) is 2.19. The average molecular weight is 635 g/mol. The van der Waals surface area contributed by atoms with Gasteiger partial charge in [-0.2, -0.15) is 27.7 Å². The summed E-state index contributed by atoms with van der Waals surface area (Å²) in [5, 5.41) is 8.99. The van der Waals surface area contributed by atoms with Crippen molar-refractivity contribution < 1.29 is 30.8 Å². The first-order valence-corrected chi connectivity index (χ1v) is 15.8. The standard InChI is InChI=1S/C28H26F4N6O3S2/c1-3-37(43(40,41)22-14-33-36(2)15-22)21-7-4-18-10-23-17(13-34-38(23)20-8-5-19(29)6-9-20)11-27(18,12-21)25(39)26-35-24(16-42-26)28(30,31)32/h5-6,8-10,13-16,21H,3-4,7,11-12H2,1-2H3/t21-,27-/m0/s1. The molecule has 2 aliphatic rings. The summed E-state index contributed by atoms with van der Waals surface area (Å²) < 4.78 is 85.6. The number of ketones is 1. The largest absolute Gasteiger partial charge is 0.434 e. The fourth-order valence-corrected chi connectivity index (χ4v) is 8.63. The van der Waals surface area contributed by atoms with Crippen molar-refractivity contribution >= 4 is 33.2 Å². The molecule has 0 bridgehead atoms. The van der Waals surface area contributed by atoms with E-state index in [1.54, 1.807) is 37.0 Å². The highest BCUT2D eigenvalue weighted by Crippen LogP contribution is 2.52. The average Bonchev–Trinajstić information content (AvgIpc) is 3.72. The predicted molar refractivity (Wildman–Crippen MR) is 149 cm³/mol. The van der Waals surface area contributed by atoms with E-state index in [0.29, 0.717) is 46.7 Å². The summed E-state index contributed by atoms with van der Waals surface area (Å²) in [5.41, 5.74) is 0.114. The Morgan fingerprint density at radius 3 is 2.56 bits per heavy atom. The second-order valence-electron chi connectivity index (χ2n) is 10.7. The van der Waals surface area contributed by atoms with Gasteiger partial charge in [-0.15, -0.1) is 11.3 Å². The molecule has 0 saturated heterocycles. The van der Waals surface area contributed by atoms with Crippen LogP contribution >= 0.6 is 11.3 Å². The summed E-state index contributed by atoms with van der Waals surface area (Å²) in [5.74, 6) is -0.992. The van der Waals surface area contributed by atoms with Crippen LogP contribution in [0.1, 0.15) is 52.9 Å². The van der Waals surface area contributed by atoms with Crippen LogP contribution in [-0.2, 0) is 29.7 Å². The number of allylic oxidation sites excluding steroid dienone is 1. The van der Waals surface area contributed by atoms with Crippen LogP contribution in [0.5, 0.6) is 0 Å². The Morgan fingerprint density at radius 2 is 1.93 bits per heavy atom. The van der Waals surface area contributed by atoms with E-state index < -0.39 is 45.0 Å². The number of thiazole rings is 1. The number of halogens is 4. The molecule has 4 aromatic rings. The smallest absolute Gasteiger partial charge is 0.290 e. The first kappa shape index (κ1) is 29.4. The van der Waals surface area contributed by atoms with Crippen LogP contribution in [0.15, 0.2) is 58.7 Å². The van der Waals surface area contributed by atoms with Crippen LogP contribution < -0.4 is 0 Å². The van der Waals surface area contributed by atoms with Gasteiger partial charge in [0.2, 0.25) is 15.8 Å². The van der Waals surface area contributed by atoms with Gasteiger partial charge in [0.25, 0.3) is 0 Å². The Balaban J connectivity index is 1.44. The quantitative estimate of drug-likeness (QED) is 0.202. The van der Waals surface area contributed by atoms with Crippen molar-refractivity contribution in [3.05, 3.63) is 81.6 Å². The number of aryl methyl sites for hydroxylation is 1. The summed E-state index contributed by atoms with van der Waals surface area (Å²) >= 11 is 0.627. The summed E-state index contributed by atoms with van der Waals surface area (Å²) in [6, 6.07) is 5.14. The molecule has 6 rings (SSSR count). The molecule has 0 N–H and O–H groups in total. The molecule has 0 spiro atoms. The number of sulfonamides is 1. The van der Waals surface area contributed by atoms with Gasteiger partial charge in [-0.3, -0.25) is 9.48 Å². The number of benzene rings is 1. The van der Waals surface area contributed by atoms with E-state index in [1.807, 2.05) is 6.08 Å². The Bertz CT molecular complexity index is 1840. The third-order valence-electron chi connectivity index (χ3n) is 8.14. The number of carbonyl (C=O) groups excluding carboxylic acids is 1. The van der Waals surface area contributed by atoms with Gasteiger partial charge < -0.3 is 0 Å². The van der Waals surface area contributed by atoms with Crippen molar-refractivity contribution in [1.82, 2.24) is 28.9 Å². The van der Waals surface area contributed by atoms with Gasteiger partial charge >= 0.3 is 6.18 Å². The number of rotatable bonds is 7. The number of hydrogen-bond acceptors (Lipinski definition) is 7. The number of alkyl halides is 3. The number of Topliss-reactive ketones (excluding diaryl/α,β-unsaturated/α-hetero) is 1. The number of hydrogen-bond donors (Lipinski definition) is 0.